The fourth-order valence-electron chi connectivity index (χ4n) is 2.74. The van der Waals surface area contributed by atoms with Crippen LogP contribution in [0.2, 0.25) is 5.02 Å². The fourth-order valence-corrected chi connectivity index (χ4v) is 2.97. The molecule has 0 heterocycles. The molecule has 3 nitrogen and oxygen atoms in total. The molecule has 1 aromatic carbocycles. The molecule has 1 aliphatic rings. The van der Waals surface area contributed by atoms with Crippen LogP contribution < -0.4 is 0 Å². The van der Waals surface area contributed by atoms with E-state index in [1.807, 2.05) is 24.3 Å². The van der Waals surface area contributed by atoms with Crippen LogP contribution in [0.4, 0.5) is 0 Å². The number of aliphatic hydroxyl groups is 2. The van der Waals surface area contributed by atoms with Crippen LogP contribution in [0.5, 0.6) is 0 Å². The van der Waals surface area contributed by atoms with Gasteiger partial charge in [0, 0.05) is 17.9 Å². The Labute approximate surface area is 125 Å². The van der Waals surface area contributed by atoms with Crippen LogP contribution in [0, 0.1) is 0 Å². The summed E-state index contributed by atoms with van der Waals surface area (Å²) in [5.41, 5.74) is 1.05. The lowest BCUT2D eigenvalue weighted by atomic mass is 9.94. The SMILES string of the molecule is OC[C@H](CCc1ccccc1Cl)OC1(O)CCCCC1. The van der Waals surface area contributed by atoms with Crippen LogP contribution in [-0.4, -0.2) is 28.7 Å². The second-order valence-corrected chi connectivity index (χ2v) is 5.97. The van der Waals surface area contributed by atoms with Crippen LogP contribution in [0.1, 0.15) is 44.1 Å². The highest BCUT2D eigenvalue weighted by Gasteiger charge is 2.32. The van der Waals surface area contributed by atoms with E-state index >= 15 is 0 Å². The second-order valence-electron chi connectivity index (χ2n) is 5.56. The van der Waals surface area contributed by atoms with E-state index in [1.54, 1.807) is 0 Å². The lowest BCUT2D eigenvalue weighted by molar-refractivity contribution is -0.251. The molecular weight excluding hydrogens is 276 g/mol. The molecule has 0 aliphatic heterocycles. The molecule has 112 valence electrons. The van der Waals surface area contributed by atoms with Gasteiger partial charge in [0.1, 0.15) is 0 Å². The van der Waals surface area contributed by atoms with E-state index in [9.17, 15) is 10.2 Å². The molecule has 0 unspecified atom stereocenters. The van der Waals surface area contributed by atoms with E-state index in [2.05, 4.69) is 0 Å². The van der Waals surface area contributed by atoms with Crippen LogP contribution >= 0.6 is 11.6 Å². The first-order valence-corrected chi connectivity index (χ1v) is 7.75. The molecule has 1 atom stereocenters. The number of hydrogen-bond donors (Lipinski definition) is 2. The Balaban J connectivity index is 1.87. The summed E-state index contributed by atoms with van der Waals surface area (Å²) in [5, 5.41) is 20.6. The normalized spacial score (nSPS) is 19.8. The third kappa shape index (κ3) is 4.45. The molecule has 0 amide bonds. The maximum absolute atomic E-state index is 10.4. The minimum Gasteiger partial charge on any atom is -0.394 e. The molecule has 1 aromatic rings. The second kappa shape index (κ2) is 7.41. The van der Waals surface area contributed by atoms with Gasteiger partial charge in [-0.3, -0.25) is 0 Å². The molecule has 0 spiro atoms. The summed E-state index contributed by atoms with van der Waals surface area (Å²) in [4.78, 5) is 0. The molecule has 0 saturated heterocycles. The largest absolute Gasteiger partial charge is 0.394 e. The molecule has 0 aromatic heterocycles. The van der Waals surface area contributed by atoms with Gasteiger partial charge in [0.2, 0.25) is 0 Å². The van der Waals surface area contributed by atoms with E-state index in [-0.39, 0.29) is 12.7 Å². The van der Waals surface area contributed by atoms with Gasteiger partial charge in [-0.1, -0.05) is 36.2 Å². The first-order chi connectivity index (χ1) is 9.63. The molecule has 20 heavy (non-hydrogen) atoms. The van der Waals surface area contributed by atoms with Crippen molar-refractivity contribution >= 4 is 11.6 Å². The van der Waals surface area contributed by atoms with E-state index < -0.39 is 5.79 Å². The topological polar surface area (TPSA) is 49.7 Å². The highest BCUT2D eigenvalue weighted by molar-refractivity contribution is 6.31. The van der Waals surface area contributed by atoms with Crippen molar-refractivity contribution in [2.45, 2.75) is 56.8 Å². The maximum Gasteiger partial charge on any atom is 0.165 e. The molecule has 0 radical (unpaired) electrons. The molecule has 2 N–H and O–H groups in total. The van der Waals surface area contributed by atoms with Gasteiger partial charge in [0.15, 0.2) is 5.79 Å². The van der Waals surface area contributed by atoms with Crippen molar-refractivity contribution in [2.24, 2.45) is 0 Å². The molecule has 1 saturated carbocycles. The van der Waals surface area contributed by atoms with Crippen molar-refractivity contribution in [2.75, 3.05) is 6.61 Å². The van der Waals surface area contributed by atoms with Gasteiger partial charge >= 0.3 is 0 Å². The monoisotopic (exact) mass is 298 g/mol. The molecule has 4 heteroatoms. The molecule has 2 rings (SSSR count). The summed E-state index contributed by atoms with van der Waals surface area (Å²) in [6.07, 6.45) is 5.50. The fraction of sp³-hybridized carbons (Fsp3) is 0.625. The maximum atomic E-state index is 10.4. The highest BCUT2D eigenvalue weighted by atomic mass is 35.5. The minimum absolute atomic E-state index is 0.0766. The lowest BCUT2D eigenvalue weighted by Crippen LogP contribution is -2.40. The molecule has 1 aliphatic carbocycles. The van der Waals surface area contributed by atoms with Gasteiger partial charge in [-0.05, 0) is 37.3 Å². The zero-order valence-electron chi connectivity index (χ0n) is 11.7. The third-order valence-corrected chi connectivity index (χ3v) is 4.29. The van der Waals surface area contributed by atoms with Crippen molar-refractivity contribution in [3.8, 4) is 0 Å². The van der Waals surface area contributed by atoms with E-state index in [0.717, 1.165) is 36.3 Å². The number of ether oxygens (including phenoxy) is 1. The van der Waals surface area contributed by atoms with Gasteiger partial charge in [0.05, 0.1) is 12.7 Å². The first-order valence-electron chi connectivity index (χ1n) is 7.37. The van der Waals surface area contributed by atoms with Crippen LogP contribution in [0.15, 0.2) is 24.3 Å². The molecule has 1 fully saturated rings. The Morgan fingerprint density at radius 2 is 1.90 bits per heavy atom. The Hall–Kier alpha value is -0.610. The summed E-state index contributed by atoms with van der Waals surface area (Å²) >= 11 is 6.12. The van der Waals surface area contributed by atoms with Gasteiger partial charge in [0.25, 0.3) is 0 Å². The Bertz CT molecular complexity index is 416. The van der Waals surface area contributed by atoms with Crippen molar-refractivity contribution in [1.29, 1.82) is 0 Å². The highest BCUT2D eigenvalue weighted by Crippen LogP contribution is 2.31. The number of halogens is 1. The molecule has 0 bridgehead atoms. The van der Waals surface area contributed by atoms with Crippen molar-refractivity contribution in [3.63, 3.8) is 0 Å². The summed E-state index contributed by atoms with van der Waals surface area (Å²) in [6.45, 7) is -0.0766. The summed E-state index contributed by atoms with van der Waals surface area (Å²) in [6, 6.07) is 7.69. The minimum atomic E-state index is -1.05. The first kappa shape index (κ1) is 15.8. The quantitative estimate of drug-likeness (QED) is 0.792. The summed E-state index contributed by atoms with van der Waals surface area (Å²) in [5.74, 6) is -1.05. The number of hydrogen-bond acceptors (Lipinski definition) is 3. The predicted octanol–water partition coefficient (Wildman–Crippen LogP) is 3.30. The van der Waals surface area contributed by atoms with E-state index in [4.69, 9.17) is 16.3 Å². The van der Waals surface area contributed by atoms with E-state index in [1.165, 1.54) is 0 Å². The van der Waals surface area contributed by atoms with Crippen molar-refractivity contribution in [3.05, 3.63) is 34.9 Å². The molecular formula is C16H23ClO3. The van der Waals surface area contributed by atoms with Crippen molar-refractivity contribution < 1.29 is 14.9 Å². The average molecular weight is 299 g/mol. The van der Waals surface area contributed by atoms with Crippen LogP contribution in [0.3, 0.4) is 0 Å². The van der Waals surface area contributed by atoms with Crippen LogP contribution in [0.25, 0.3) is 0 Å². The Morgan fingerprint density at radius 1 is 1.20 bits per heavy atom. The number of benzene rings is 1. The van der Waals surface area contributed by atoms with Gasteiger partial charge < -0.3 is 14.9 Å². The Kier molecular flexibility index (Phi) is 5.85. The number of aryl methyl sites for hydroxylation is 1. The zero-order valence-corrected chi connectivity index (χ0v) is 12.5. The van der Waals surface area contributed by atoms with E-state index in [0.29, 0.717) is 19.3 Å². The Morgan fingerprint density at radius 3 is 2.55 bits per heavy atom. The predicted molar refractivity (Wildman–Crippen MR) is 79.8 cm³/mol. The van der Waals surface area contributed by atoms with Gasteiger partial charge in [-0.2, -0.15) is 0 Å². The number of rotatable bonds is 6. The van der Waals surface area contributed by atoms with Crippen LogP contribution in [-0.2, 0) is 11.2 Å². The zero-order chi connectivity index (χ0) is 14.4. The lowest BCUT2D eigenvalue weighted by Gasteiger charge is -2.35. The average Bonchev–Trinajstić information content (AvgIpc) is 2.45. The van der Waals surface area contributed by atoms with Crippen molar-refractivity contribution in [1.82, 2.24) is 0 Å². The summed E-state index contributed by atoms with van der Waals surface area (Å²) < 4.78 is 5.75. The van der Waals surface area contributed by atoms with Gasteiger partial charge in [-0.25, -0.2) is 0 Å². The standard InChI is InChI=1S/C16H23ClO3/c17-15-7-3-2-6-13(15)8-9-14(12-18)20-16(19)10-4-1-5-11-16/h2-3,6-7,14,18-19H,1,4-5,8-12H2/t14-/m0/s1. The smallest absolute Gasteiger partial charge is 0.165 e. The number of aliphatic hydroxyl groups excluding tert-OH is 1. The third-order valence-electron chi connectivity index (χ3n) is 3.92. The van der Waals surface area contributed by atoms with Gasteiger partial charge in [-0.15, -0.1) is 0 Å². The summed E-state index contributed by atoms with van der Waals surface area (Å²) in [7, 11) is 0.